The average molecular weight is 481 g/mol. The minimum absolute atomic E-state index is 0.472. The van der Waals surface area contributed by atoms with Gasteiger partial charge >= 0.3 is 0 Å². The first-order valence-corrected chi connectivity index (χ1v) is 11.4. The number of ether oxygens (including phenoxy) is 4. The zero-order valence-electron chi connectivity index (χ0n) is 20.8. The molecule has 6 heteroatoms. The van der Waals surface area contributed by atoms with Crippen LogP contribution in [0.2, 0.25) is 0 Å². The molecule has 0 N–H and O–H groups in total. The van der Waals surface area contributed by atoms with Gasteiger partial charge in [0.15, 0.2) is 0 Å². The maximum absolute atomic E-state index is 5.70. The molecule has 0 saturated carbocycles. The molecule has 0 bridgehead atoms. The SMILES string of the molecule is CO/C(=N\c1ccccc1)c1ccc(-c2ccc(/C(=N/c3ccccc3)OC)c(OC)c2)cc1OC. The zero-order chi connectivity index (χ0) is 25.3. The molecule has 0 radical (unpaired) electrons. The van der Waals surface area contributed by atoms with Gasteiger partial charge in [-0.1, -0.05) is 48.5 Å². The minimum atomic E-state index is 0.472. The molecule has 0 heterocycles. The van der Waals surface area contributed by atoms with E-state index < -0.39 is 0 Å². The molecule has 0 fully saturated rings. The van der Waals surface area contributed by atoms with Crippen LogP contribution in [0.25, 0.3) is 11.1 Å². The first kappa shape index (κ1) is 24.5. The number of hydrogen-bond acceptors (Lipinski definition) is 6. The van der Waals surface area contributed by atoms with Crippen LogP contribution in [0.1, 0.15) is 11.1 Å². The predicted molar refractivity (Wildman–Crippen MR) is 144 cm³/mol. The Morgan fingerprint density at radius 1 is 0.500 bits per heavy atom. The smallest absolute Gasteiger partial charge is 0.224 e. The second kappa shape index (κ2) is 11.7. The van der Waals surface area contributed by atoms with Crippen molar-refractivity contribution in [3.63, 3.8) is 0 Å². The Balaban J connectivity index is 1.70. The Bertz CT molecular complexity index is 1260. The molecule has 4 aromatic rings. The highest BCUT2D eigenvalue weighted by molar-refractivity contribution is 6.00. The van der Waals surface area contributed by atoms with Crippen LogP contribution in [0, 0.1) is 0 Å². The van der Waals surface area contributed by atoms with Crippen molar-refractivity contribution >= 4 is 23.2 Å². The third-order valence-electron chi connectivity index (χ3n) is 5.56. The van der Waals surface area contributed by atoms with Gasteiger partial charge in [0.25, 0.3) is 0 Å². The molecule has 0 amide bonds. The van der Waals surface area contributed by atoms with Crippen LogP contribution in [0.15, 0.2) is 107 Å². The summed E-state index contributed by atoms with van der Waals surface area (Å²) in [6.45, 7) is 0. The van der Waals surface area contributed by atoms with E-state index in [9.17, 15) is 0 Å². The summed E-state index contributed by atoms with van der Waals surface area (Å²) in [5.74, 6) is 2.24. The van der Waals surface area contributed by atoms with E-state index >= 15 is 0 Å². The van der Waals surface area contributed by atoms with E-state index in [0.29, 0.717) is 23.3 Å². The van der Waals surface area contributed by atoms with Crippen LogP contribution in [0.4, 0.5) is 11.4 Å². The van der Waals surface area contributed by atoms with Crippen LogP contribution >= 0.6 is 0 Å². The monoisotopic (exact) mass is 480 g/mol. The van der Waals surface area contributed by atoms with E-state index in [2.05, 4.69) is 9.98 Å². The number of benzene rings is 4. The van der Waals surface area contributed by atoms with Crippen molar-refractivity contribution in [3.8, 4) is 22.6 Å². The third kappa shape index (κ3) is 5.55. The van der Waals surface area contributed by atoms with Crippen molar-refractivity contribution < 1.29 is 18.9 Å². The Hall–Kier alpha value is -4.58. The Labute approximate surface area is 211 Å². The van der Waals surface area contributed by atoms with E-state index in [1.54, 1.807) is 28.4 Å². The number of nitrogens with zero attached hydrogens (tertiary/aromatic N) is 2. The fourth-order valence-electron chi connectivity index (χ4n) is 3.77. The first-order valence-electron chi connectivity index (χ1n) is 11.4. The van der Waals surface area contributed by atoms with Crippen molar-refractivity contribution in [1.29, 1.82) is 0 Å². The maximum Gasteiger partial charge on any atom is 0.224 e. The van der Waals surface area contributed by atoms with Crippen molar-refractivity contribution in [3.05, 3.63) is 108 Å². The van der Waals surface area contributed by atoms with Gasteiger partial charge in [-0.2, -0.15) is 0 Å². The summed E-state index contributed by atoms with van der Waals surface area (Å²) in [5, 5.41) is 0. The summed E-state index contributed by atoms with van der Waals surface area (Å²) >= 11 is 0. The van der Waals surface area contributed by atoms with Crippen LogP contribution in [0.3, 0.4) is 0 Å². The first-order chi connectivity index (χ1) is 17.7. The lowest BCUT2D eigenvalue weighted by atomic mass is 10.0. The zero-order valence-corrected chi connectivity index (χ0v) is 20.8. The topological polar surface area (TPSA) is 61.6 Å². The van der Waals surface area contributed by atoms with Crippen LogP contribution in [-0.4, -0.2) is 40.2 Å². The van der Waals surface area contributed by atoms with Crippen molar-refractivity contribution in [1.82, 2.24) is 0 Å². The summed E-state index contributed by atoms with van der Waals surface area (Å²) in [6, 6.07) is 31.1. The van der Waals surface area contributed by atoms with E-state index in [-0.39, 0.29) is 0 Å². The number of para-hydroxylation sites is 2. The van der Waals surface area contributed by atoms with E-state index in [0.717, 1.165) is 33.6 Å². The average Bonchev–Trinajstić information content (AvgIpc) is 2.95. The van der Waals surface area contributed by atoms with Gasteiger partial charge in [-0.3, -0.25) is 0 Å². The van der Waals surface area contributed by atoms with Crippen molar-refractivity contribution in [2.45, 2.75) is 0 Å². The van der Waals surface area contributed by atoms with E-state index in [1.807, 2.05) is 97.1 Å². The molecule has 0 aromatic heterocycles. The summed E-state index contributed by atoms with van der Waals surface area (Å²) in [6.07, 6.45) is 0. The molecule has 4 rings (SSSR count). The van der Waals surface area contributed by atoms with Crippen LogP contribution < -0.4 is 9.47 Å². The van der Waals surface area contributed by atoms with Gasteiger partial charge < -0.3 is 18.9 Å². The highest BCUT2D eigenvalue weighted by Crippen LogP contribution is 2.33. The number of rotatable bonds is 7. The maximum atomic E-state index is 5.70. The minimum Gasteiger partial charge on any atom is -0.496 e. The summed E-state index contributed by atoms with van der Waals surface area (Å²) in [7, 11) is 6.46. The highest BCUT2D eigenvalue weighted by atomic mass is 16.5. The third-order valence-corrected chi connectivity index (χ3v) is 5.56. The number of aliphatic imine (C=N–C) groups is 2. The normalized spacial score (nSPS) is 11.7. The largest absolute Gasteiger partial charge is 0.496 e. The molecule has 0 saturated heterocycles. The Kier molecular flexibility index (Phi) is 7.98. The quantitative estimate of drug-likeness (QED) is 0.215. The lowest BCUT2D eigenvalue weighted by Gasteiger charge is -2.14. The molecule has 0 spiro atoms. The fourth-order valence-corrected chi connectivity index (χ4v) is 3.77. The lowest BCUT2D eigenvalue weighted by Crippen LogP contribution is -2.06. The number of hydrogen-bond donors (Lipinski definition) is 0. The molecule has 4 aromatic carbocycles. The van der Waals surface area contributed by atoms with Crippen molar-refractivity contribution in [2.75, 3.05) is 28.4 Å². The number of methoxy groups -OCH3 is 4. The van der Waals surface area contributed by atoms with Gasteiger partial charge in [-0.25, -0.2) is 9.98 Å². The standard InChI is InChI=1S/C30H28N2O4/c1-33-27-19-21(15-17-25(27)29(35-3)31-23-11-7-5-8-12-23)22-16-18-26(28(20-22)34-2)30(36-4)32-24-13-9-6-10-14-24/h5-20H,1-4H3/b31-29-,32-30-. The fraction of sp³-hybridized carbons (Fsp3) is 0.133. The molecular weight excluding hydrogens is 452 g/mol. The van der Waals surface area contributed by atoms with Gasteiger partial charge in [-0.15, -0.1) is 0 Å². The van der Waals surface area contributed by atoms with E-state index in [4.69, 9.17) is 18.9 Å². The molecule has 0 unspecified atom stereocenters. The van der Waals surface area contributed by atoms with Crippen molar-refractivity contribution in [2.24, 2.45) is 9.98 Å². The van der Waals surface area contributed by atoms with Crippen LogP contribution in [-0.2, 0) is 9.47 Å². The molecule has 0 aliphatic rings. The molecule has 6 nitrogen and oxygen atoms in total. The Morgan fingerprint density at radius 2 is 0.889 bits per heavy atom. The summed E-state index contributed by atoms with van der Waals surface area (Å²) in [4.78, 5) is 9.26. The highest BCUT2D eigenvalue weighted by Gasteiger charge is 2.16. The molecule has 0 aliphatic heterocycles. The summed E-state index contributed by atoms with van der Waals surface area (Å²) < 4.78 is 22.6. The second-order valence-corrected chi connectivity index (χ2v) is 7.74. The molecule has 0 aliphatic carbocycles. The molecular formula is C30H28N2O4. The summed E-state index contributed by atoms with van der Waals surface area (Å²) in [5.41, 5.74) is 5.02. The van der Waals surface area contributed by atoms with Gasteiger partial charge in [0.05, 0.1) is 50.9 Å². The molecule has 36 heavy (non-hydrogen) atoms. The molecule has 182 valence electrons. The van der Waals surface area contributed by atoms with E-state index in [1.165, 1.54) is 0 Å². The molecule has 0 atom stereocenters. The van der Waals surface area contributed by atoms with Gasteiger partial charge in [0, 0.05) is 0 Å². The van der Waals surface area contributed by atoms with Gasteiger partial charge in [-0.05, 0) is 59.7 Å². The van der Waals surface area contributed by atoms with Gasteiger partial charge in [0.2, 0.25) is 11.8 Å². The van der Waals surface area contributed by atoms with Gasteiger partial charge in [0.1, 0.15) is 11.5 Å². The lowest BCUT2D eigenvalue weighted by molar-refractivity contribution is 0.390. The Morgan fingerprint density at radius 3 is 1.22 bits per heavy atom. The van der Waals surface area contributed by atoms with Crippen LogP contribution in [0.5, 0.6) is 11.5 Å². The predicted octanol–water partition coefficient (Wildman–Crippen LogP) is 6.82. The second-order valence-electron chi connectivity index (χ2n) is 7.74.